The molecule has 0 aromatic carbocycles. The van der Waals surface area contributed by atoms with Gasteiger partial charge in [-0.05, 0) is 26.7 Å². The molecule has 2 N–H and O–H groups in total. The summed E-state index contributed by atoms with van der Waals surface area (Å²) in [6, 6.07) is -0.135. The average molecular weight is 319 g/mol. The fourth-order valence-electron chi connectivity index (χ4n) is 3.29. The molecule has 22 heavy (non-hydrogen) atoms. The van der Waals surface area contributed by atoms with Gasteiger partial charge in [0.25, 0.3) is 0 Å². The Kier molecular flexibility index (Phi) is 4.96. The highest BCUT2D eigenvalue weighted by Gasteiger charge is 2.45. The molecule has 2 aliphatic rings. The van der Waals surface area contributed by atoms with Gasteiger partial charge in [-0.2, -0.15) is 0 Å². The van der Waals surface area contributed by atoms with Crippen molar-refractivity contribution >= 4 is 6.03 Å². The zero-order chi connectivity index (χ0) is 16.5. The van der Waals surface area contributed by atoms with E-state index in [1.807, 2.05) is 6.92 Å². The molecule has 1 unspecified atom stereocenters. The molecule has 1 saturated heterocycles. The highest BCUT2D eigenvalue weighted by Crippen LogP contribution is 2.41. The Bertz CT molecular complexity index is 404. The standard InChI is InChI=1S/C15H27F2N3O2/c1-11-9-19(10-14(2,3)22)4-5-20(11)13(21)18-8-12-6-15(16,17)7-12/h11-12,22H,4-10H2,1-3H3,(H,18,21). The fraction of sp³-hybridized carbons (Fsp3) is 0.933. The predicted molar refractivity (Wildman–Crippen MR) is 80.0 cm³/mol. The number of rotatable bonds is 4. The molecule has 0 radical (unpaired) electrons. The number of β-amino-alcohol motifs (C(OH)–C–C–N with tert-alkyl or cyclic N) is 1. The number of urea groups is 1. The lowest BCUT2D eigenvalue weighted by molar-refractivity contribution is -0.108. The third-order valence-electron chi connectivity index (χ3n) is 4.30. The molecular formula is C15H27F2N3O2. The Morgan fingerprint density at radius 2 is 2.00 bits per heavy atom. The quantitative estimate of drug-likeness (QED) is 0.826. The van der Waals surface area contributed by atoms with Crippen LogP contribution in [0.5, 0.6) is 0 Å². The topological polar surface area (TPSA) is 55.8 Å². The van der Waals surface area contributed by atoms with Crippen LogP contribution in [0.15, 0.2) is 0 Å². The van der Waals surface area contributed by atoms with Crippen molar-refractivity contribution in [1.82, 2.24) is 15.1 Å². The first-order valence-corrected chi connectivity index (χ1v) is 7.93. The number of hydrogen-bond acceptors (Lipinski definition) is 3. The maximum atomic E-state index is 12.8. The number of amides is 2. The lowest BCUT2D eigenvalue weighted by Crippen LogP contribution is -2.58. The van der Waals surface area contributed by atoms with Gasteiger partial charge in [0, 0.05) is 51.6 Å². The van der Waals surface area contributed by atoms with Crippen LogP contribution in [0.25, 0.3) is 0 Å². The van der Waals surface area contributed by atoms with E-state index < -0.39 is 11.5 Å². The van der Waals surface area contributed by atoms with E-state index in [2.05, 4.69) is 10.2 Å². The van der Waals surface area contributed by atoms with Crippen molar-refractivity contribution < 1.29 is 18.7 Å². The highest BCUT2D eigenvalue weighted by atomic mass is 19.3. The predicted octanol–water partition coefficient (Wildman–Crippen LogP) is 1.52. The third kappa shape index (κ3) is 4.78. The van der Waals surface area contributed by atoms with Gasteiger partial charge >= 0.3 is 6.03 Å². The molecule has 0 bridgehead atoms. The molecule has 128 valence electrons. The summed E-state index contributed by atoms with van der Waals surface area (Å²) in [7, 11) is 0. The maximum Gasteiger partial charge on any atom is 0.317 e. The van der Waals surface area contributed by atoms with Gasteiger partial charge in [-0.25, -0.2) is 13.6 Å². The molecule has 1 aliphatic heterocycles. The number of carbonyl (C=O) groups excluding carboxylic acids is 1. The first kappa shape index (κ1) is 17.4. The Labute approximate surface area is 130 Å². The molecule has 1 aliphatic carbocycles. The zero-order valence-electron chi connectivity index (χ0n) is 13.6. The van der Waals surface area contributed by atoms with Crippen molar-refractivity contribution in [2.45, 2.75) is 51.2 Å². The number of aliphatic hydroxyl groups is 1. The number of nitrogens with one attached hydrogen (secondary N) is 1. The minimum absolute atomic E-state index is 0.0407. The zero-order valence-corrected chi connectivity index (χ0v) is 13.6. The van der Waals surface area contributed by atoms with Crippen molar-refractivity contribution in [3.05, 3.63) is 0 Å². The normalized spacial score (nSPS) is 26.6. The minimum atomic E-state index is -2.54. The van der Waals surface area contributed by atoms with Gasteiger partial charge < -0.3 is 15.3 Å². The van der Waals surface area contributed by atoms with Crippen LogP contribution in [0.1, 0.15) is 33.6 Å². The van der Waals surface area contributed by atoms with Gasteiger partial charge in [0.05, 0.1) is 5.60 Å². The first-order valence-electron chi connectivity index (χ1n) is 7.93. The van der Waals surface area contributed by atoms with Crippen LogP contribution in [0, 0.1) is 5.92 Å². The van der Waals surface area contributed by atoms with E-state index in [9.17, 15) is 18.7 Å². The third-order valence-corrected chi connectivity index (χ3v) is 4.30. The maximum absolute atomic E-state index is 12.8. The molecule has 2 amide bonds. The van der Waals surface area contributed by atoms with Gasteiger partial charge in [-0.15, -0.1) is 0 Å². The van der Waals surface area contributed by atoms with Crippen LogP contribution in [-0.2, 0) is 0 Å². The summed E-state index contributed by atoms with van der Waals surface area (Å²) in [5.41, 5.74) is -0.750. The minimum Gasteiger partial charge on any atom is -0.389 e. The van der Waals surface area contributed by atoms with Gasteiger partial charge in [0.15, 0.2) is 0 Å². The van der Waals surface area contributed by atoms with Crippen molar-refractivity contribution in [3.8, 4) is 0 Å². The number of halogens is 2. The van der Waals surface area contributed by atoms with E-state index in [1.165, 1.54) is 0 Å². The number of carbonyl (C=O) groups is 1. The second-order valence-corrected chi connectivity index (χ2v) is 7.41. The molecular weight excluding hydrogens is 292 g/mol. The van der Waals surface area contributed by atoms with Gasteiger partial charge in [0.2, 0.25) is 5.92 Å². The lowest BCUT2D eigenvalue weighted by atomic mass is 9.81. The molecule has 1 atom stereocenters. The lowest BCUT2D eigenvalue weighted by Gasteiger charge is -2.42. The summed E-state index contributed by atoms with van der Waals surface area (Å²) in [6.45, 7) is 8.41. The van der Waals surface area contributed by atoms with Crippen LogP contribution in [0.4, 0.5) is 13.6 Å². The fourth-order valence-corrected chi connectivity index (χ4v) is 3.29. The highest BCUT2D eigenvalue weighted by molar-refractivity contribution is 5.74. The number of hydrogen-bond donors (Lipinski definition) is 2. The van der Waals surface area contributed by atoms with Crippen LogP contribution in [0.2, 0.25) is 0 Å². The van der Waals surface area contributed by atoms with E-state index >= 15 is 0 Å². The van der Waals surface area contributed by atoms with E-state index in [-0.39, 0.29) is 30.8 Å². The van der Waals surface area contributed by atoms with Crippen molar-refractivity contribution in [3.63, 3.8) is 0 Å². The van der Waals surface area contributed by atoms with Crippen LogP contribution in [0.3, 0.4) is 0 Å². The number of alkyl halides is 2. The molecule has 5 nitrogen and oxygen atoms in total. The number of piperazine rings is 1. The van der Waals surface area contributed by atoms with Gasteiger partial charge in [-0.3, -0.25) is 4.90 Å². The van der Waals surface area contributed by atoms with Crippen LogP contribution >= 0.6 is 0 Å². The summed E-state index contributed by atoms with van der Waals surface area (Å²) < 4.78 is 25.5. The molecule has 7 heteroatoms. The molecule has 1 saturated carbocycles. The SMILES string of the molecule is CC1CN(CC(C)(C)O)CCN1C(=O)NCC1CC(F)(F)C1. The van der Waals surface area contributed by atoms with E-state index in [1.54, 1.807) is 18.7 Å². The van der Waals surface area contributed by atoms with E-state index in [4.69, 9.17) is 0 Å². The largest absolute Gasteiger partial charge is 0.389 e. The molecule has 0 aromatic heterocycles. The second kappa shape index (κ2) is 6.28. The van der Waals surface area contributed by atoms with Crippen molar-refractivity contribution in [2.75, 3.05) is 32.7 Å². The molecule has 0 aromatic rings. The smallest absolute Gasteiger partial charge is 0.317 e. The van der Waals surface area contributed by atoms with Crippen molar-refractivity contribution in [2.24, 2.45) is 5.92 Å². The first-order chi connectivity index (χ1) is 10.1. The molecule has 1 heterocycles. The summed E-state index contributed by atoms with van der Waals surface area (Å²) in [5.74, 6) is -2.64. The number of nitrogens with zero attached hydrogens (tertiary/aromatic N) is 2. The molecule has 0 spiro atoms. The van der Waals surface area contributed by atoms with Gasteiger partial charge in [0.1, 0.15) is 0 Å². The molecule has 2 rings (SSSR count). The summed E-state index contributed by atoms with van der Waals surface area (Å²) in [6.07, 6.45) is -0.246. The summed E-state index contributed by atoms with van der Waals surface area (Å²) >= 11 is 0. The van der Waals surface area contributed by atoms with Crippen molar-refractivity contribution in [1.29, 1.82) is 0 Å². The average Bonchev–Trinajstić information content (AvgIpc) is 2.31. The van der Waals surface area contributed by atoms with Gasteiger partial charge in [-0.1, -0.05) is 0 Å². The van der Waals surface area contributed by atoms with E-state index in [0.717, 1.165) is 0 Å². The van der Waals surface area contributed by atoms with E-state index in [0.29, 0.717) is 32.7 Å². The summed E-state index contributed by atoms with van der Waals surface area (Å²) in [5, 5.41) is 12.6. The monoisotopic (exact) mass is 319 g/mol. The summed E-state index contributed by atoms with van der Waals surface area (Å²) in [4.78, 5) is 16.1. The molecule has 2 fully saturated rings. The Balaban J connectivity index is 1.73. The van der Waals surface area contributed by atoms with Crippen LogP contribution < -0.4 is 5.32 Å². The Morgan fingerprint density at radius 1 is 1.36 bits per heavy atom. The second-order valence-electron chi connectivity index (χ2n) is 7.41. The van der Waals surface area contributed by atoms with Crippen LogP contribution in [-0.4, -0.2) is 71.2 Å². The Morgan fingerprint density at radius 3 is 2.50 bits per heavy atom. The Hall–Kier alpha value is -0.950.